The molecule has 22 heteroatoms. The number of carbonyl (C=O) groups excluding carboxylic acids is 2. The van der Waals surface area contributed by atoms with Gasteiger partial charge in [-0.3, -0.25) is 4.98 Å². The van der Waals surface area contributed by atoms with E-state index in [4.69, 9.17) is 4.74 Å². The van der Waals surface area contributed by atoms with Crippen LogP contribution >= 0.6 is 0 Å². The van der Waals surface area contributed by atoms with Gasteiger partial charge in [0, 0.05) is 75.6 Å². The molecule has 0 bridgehead atoms. The van der Waals surface area contributed by atoms with Gasteiger partial charge in [-0.25, -0.2) is 28.4 Å². The minimum Gasteiger partial charge on any atom is -0.481 e. The zero-order valence-electron chi connectivity index (χ0n) is 35.6. The van der Waals surface area contributed by atoms with Crippen molar-refractivity contribution in [3.8, 4) is 28.1 Å². The fourth-order valence-electron chi connectivity index (χ4n) is 8.07. The van der Waals surface area contributed by atoms with Gasteiger partial charge in [-0.1, -0.05) is 0 Å². The van der Waals surface area contributed by atoms with Gasteiger partial charge in [0.2, 0.25) is 5.88 Å². The van der Waals surface area contributed by atoms with Crippen LogP contribution in [-0.4, -0.2) is 87.5 Å². The fourth-order valence-corrected chi connectivity index (χ4v) is 9.73. The SMILES string of the molecule is COc1cc(-c2cc(CN(C)c3cnnc(S(=O)(=O)NC(=O)Nc4c(-c5ccncc5)cc(F)c5c4CCC5)c3)c3c(c2NC(=O)NS(=O)(=O)c2cc(N(C)C)cnn2)CCC3)ccn1. The van der Waals surface area contributed by atoms with Crippen LogP contribution in [0.3, 0.4) is 0 Å². The molecular weight excluding hydrogens is 880 g/mol. The smallest absolute Gasteiger partial charge is 0.333 e. The van der Waals surface area contributed by atoms with Crippen LogP contribution in [0.25, 0.3) is 22.3 Å². The number of ether oxygens (including phenoxy) is 1. The van der Waals surface area contributed by atoms with Crippen molar-refractivity contribution >= 4 is 54.9 Å². The summed E-state index contributed by atoms with van der Waals surface area (Å²) in [6, 6.07) is 10.5. The van der Waals surface area contributed by atoms with Crippen molar-refractivity contribution in [2.24, 2.45) is 0 Å². The molecule has 2 aromatic carbocycles. The van der Waals surface area contributed by atoms with Crippen molar-refractivity contribution in [3.63, 3.8) is 0 Å². The molecule has 2 aliphatic rings. The Labute approximate surface area is 374 Å². The molecule has 0 fully saturated rings. The Morgan fingerprint density at radius 3 is 1.85 bits per heavy atom. The Kier molecular flexibility index (Phi) is 12.3. The second-order valence-electron chi connectivity index (χ2n) is 15.6. The van der Waals surface area contributed by atoms with Crippen LogP contribution in [0.4, 0.5) is 36.7 Å². The normalized spacial score (nSPS) is 13.1. The number of fused-ring (bicyclic) bond motifs is 2. The van der Waals surface area contributed by atoms with E-state index in [-0.39, 0.29) is 6.54 Å². The Hall–Kier alpha value is -7.33. The topological polar surface area (TPSA) is 244 Å². The number of halogens is 1. The van der Waals surface area contributed by atoms with Gasteiger partial charge in [-0.15, -0.1) is 10.2 Å². The van der Waals surface area contributed by atoms with Crippen molar-refractivity contribution in [1.29, 1.82) is 0 Å². The lowest BCUT2D eigenvalue weighted by Crippen LogP contribution is -2.35. The number of nitrogens with one attached hydrogen (secondary N) is 4. The van der Waals surface area contributed by atoms with Crippen LogP contribution in [0.15, 0.2) is 89.6 Å². The highest BCUT2D eigenvalue weighted by molar-refractivity contribution is 7.90. The Bertz CT molecular complexity index is 3070. The van der Waals surface area contributed by atoms with Crippen molar-refractivity contribution < 1.29 is 35.6 Å². The number of aromatic nitrogens is 6. The van der Waals surface area contributed by atoms with E-state index in [0.29, 0.717) is 94.1 Å². The Morgan fingerprint density at radius 2 is 1.23 bits per heavy atom. The second-order valence-corrected chi connectivity index (χ2v) is 18.8. The summed E-state index contributed by atoms with van der Waals surface area (Å²) in [5, 5.41) is 19.8. The lowest BCUT2D eigenvalue weighted by atomic mass is 9.93. The fraction of sp³-hybridized carbons (Fsp3) is 0.256. The molecule has 6 aromatic rings. The van der Waals surface area contributed by atoms with E-state index in [1.165, 1.54) is 50.1 Å². The maximum atomic E-state index is 15.2. The number of sulfonamides is 2. The van der Waals surface area contributed by atoms with Crippen LogP contribution in [0.1, 0.15) is 40.7 Å². The van der Waals surface area contributed by atoms with Gasteiger partial charge in [0.1, 0.15) is 5.82 Å². The molecule has 4 N–H and O–H groups in total. The predicted molar refractivity (Wildman–Crippen MR) is 239 cm³/mol. The molecule has 2 aliphatic carbocycles. The summed E-state index contributed by atoms with van der Waals surface area (Å²) in [4.78, 5) is 38.7. The Morgan fingerprint density at radius 1 is 0.692 bits per heavy atom. The van der Waals surface area contributed by atoms with E-state index in [2.05, 4.69) is 45.7 Å². The molecule has 0 spiro atoms. The molecule has 336 valence electrons. The molecule has 0 saturated heterocycles. The van der Waals surface area contributed by atoms with E-state index in [0.717, 1.165) is 23.1 Å². The van der Waals surface area contributed by atoms with Gasteiger partial charge >= 0.3 is 12.1 Å². The third-order valence-electron chi connectivity index (χ3n) is 11.2. The number of hydrogen-bond acceptors (Lipinski definition) is 15. The molecule has 65 heavy (non-hydrogen) atoms. The number of pyridine rings is 2. The summed E-state index contributed by atoms with van der Waals surface area (Å²) >= 11 is 0. The standard InChI is InChI=1S/C43H43FN12O7S2/c1-55(2)28-19-38(51-47-22-28)64(59,60)53-42(57)49-40-32-9-5-7-30(32)27(17-34(40)26-13-16-46-37(18-26)63-4)24-56(3)29-20-39(52-48-23-29)65(61,62)54-43(58)50-41-33-10-6-8-31(33)36(44)21-35(41)25-11-14-45-15-12-25/h11-23H,5-10,24H2,1-4H3,(H2,49,53,57)(H2,50,54,58). The molecule has 4 amide bonds. The highest BCUT2D eigenvalue weighted by Crippen LogP contribution is 2.42. The lowest BCUT2D eigenvalue weighted by molar-refractivity contribution is 0.255. The van der Waals surface area contributed by atoms with Gasteiger partial charge < -0.3 is 25.2 Å². The number of nitrogens with zero attached hydrogens (tertiary/aromatic N) is 8. The molecule has 0 unspecified atom stereocenters. The van der Waals surface area contributed by atoms with E-state index in [1.54, 1.807) is 61.4 Å². The third-order valence-corrected chi connectivity index (χ3v) is 13.6. The highest BCUT2D eigenvalue weighted by atomic mass is 32.2. The average Bonchev–Trinajstić information content (AvgIpc) is 4.00. The summed E-state index contributed by atoms with van der Waals surface area (Å²) in [7, 11) is -2.39. The zero-order valence-corrected chi connectivity index (χ0v) is 37.2. The first-order valence-electron chi connectivity index (χ1n) is 20.3. The quantitative estimate of drug-likeness (QED) is 0.116. The molecule has 0 aliphatic heterocycles. The number of rotatable bonds is 13. The van der Waals surface area contributed by atoms with Crippen LogP contribution < -0.4 is 34.6 Å². The summed E-state index contributed by atoms with van der Waals surface area (Å²) in [6.45, 7) is 0.228. The van der Waals surface area contributed by atoms with E-state index in [9.17, 15) is 26.4 Å². The minimum absolute atomic E-state index is 0.228. The Balaban J connectivity index is 1.06. The lowest BCUT2D eigenvalue weighted by Gasteiger charge is -2.24. The summed E-state index contributed by atoms with van der Waals surface area (Å²) in [6.07, 6.45) is 11.0. The minimum atomic E-state index is -4.58. The molecule has 0 atom stereocenters. The average molecular weight is 923 g/mol. The predicted octanol–water partition coefficient (Wildman–Crippen LogP) is 5.24. The first kappa shape index (κ1) is 44.3. The first-order chi connectivity index (χ1) is 31.1. The van der Waals surface area contributed by atoms with Crippen molar-refractivity contribution in [2.45, 2.75) is 55.1 Å². The maximum absolute atomic E-state index is 15.2. The van der Waals surface area contributed by atoms with E-state index < -0.39 is 48.0 Å². The highest BCUT2D eigenvalue weighted by Gasteiger charge is 2.29. The van der Waals surface area contributed by atoms with Gasteiger partial charge in [0.25, 0.3) is 20.0 Å². The van der Waals surface area contributed by atoms with Crippen molar-refractivity contribution in [2.75, 3.05) is 48.7 Å². The van der Waals surface area contributed by atoms with Crippen molar-refractivity contribution in [3.05, 3.63) is 113 Å². The molecule has 4 heterocycles. The number of methoxy groups -OCH3 is 1. The molecular formula is C43H43FN12O7S2. The number of anilines is 4. The van der Waals surface area contributed by atoms with Crippen molar-refractivity contribution in [1.82, 2.24) is 39.8 Å². The third kappa shape index (κ3) is 9.34. The molecule has 8 rings (SSSR count). The van der Waals surface area contributed by atoms with Crippen LogP contribution in [0.2, 0.25) is 0 Å². The summed E-state index contributed by atoms with van der Waals surface area (Å²) in [5.41, 5.74) is 7.25. The second kappa shape index (κ2) is 18.0. The summed E-state index contributed by atoms with van der Waals surface area (Å²) < 4.78 is 78.6. The number of hydrogen-bond donors (Lipinski definition) is 4. The van der Waals surface area contributed by atoms with Gasteiger partial charge in [-0.05, 0) is 108 Å². The first-order valence-corrected chi connectivity index (χ1v) is 23.2. The van der Waals surface area contributed by atoms with Gasteiger partial charge in [0.05, 0.1) is 42.3 Å². The van der Waals surface area contributed by atoms with Crippen LogP contribution in [-0.2, 0) is 52.3 Å². The monoisotopic (exact) mass is 922 g/mol. The molecule has 19 nitrogen and oxygen atoms in total. The van der Waals surface area contributed by atoms with Gasteiger partial charge in [-0.2, -0.15) is 27.0 Å². The zero-order chi connectivity index (χ0) is 46.0. The number of urea groups is 2. The van der Waals surface area contributed by atoms with Crippen LogP contribution in [0.5, 0.6) is 5.88 Å². The number of benzene rings is 2. The number of amides is 4. The molecule has 0 radical (unpaired) electrons. The summed E-state index contributed by atoms with van der Waals surface area (Å²) in [5.74, 6) is -0.103. The number of carbonyl (C=O) groups is 2. The molecule has 4 aromatic heterocycles. The maximum Gasteiger partial charge on any atom is 0.333 e. The van der Waals surface area contributed by atoms with Gasteiger partial charge in [0.15, 0.2) is 10.1 Å². The largest absolute Gasteiger partial charge is 0.481 e. The van der Waals surface area contributed by atoms with E-state index >= 15 is 4.39 Å². The van der Waals surface area contributed by atoms with Crippen LogP contribution in [0, 0.1) is 5.82 Å². The van der Waals surface area contributed by atoms with E-state index in [1.807, 2.05) is 10.8 Å². The molecule has 0 saturated carbocycles.